The highest BCUT2D eigenvalue weighted by Gasteiger charge is 2.25. The Morgan fingerprint density at radius 3 is 2.91 bits per heavy atom. The molecule has 0 saturated heterocycles. The summed E-state index contributed by atoms with van der Waals surface area (Å²) in [4.78, 5) is 17.4. The van der Waals surface area contributed by atoms with E-state index in [0.29, 0.717) is 28.8 Å². The second-order valence-corrected chi connectivity index (χ2v) is 7.66. The molecule has 0 radical (unpaired) electrons. The van der Waals surface area contributed by atoms with Crippen LogP contribution in [-0.2, 0) is 9.63 Å². The molecular formula is C21H21N7O5. The van der Waals surface area contributed by atoms with E-state index in [1.54, 1.807) is 30.5 Å². The first-order valence-corrected chi connectivity index (χ1v) is 10.3. The minimum Gasteiger partial charge on any atom is -0.474 e. The van der Waals surface area contributed by atoms with Crippen LogP contribution in [0.3, 0.4) is 0 Å². The van der Waals surface area contributed by atoms with Crippen LogP contribution in [0.2, 0.25) is 0 Å². The molecule has 0 spiro atoms. The lowest BCUT2D eigenvalue weighted by Gasteiger charge is -2.12. The maximum absolute atomic E-state index is 12.2. The lowest BCUT2D eigenvalue weighted by Crippen LogP contribution is -2.36. The van der Waals surface area contributed by atoms with Gasteiger partial charge in [0.05, 0.1) is 12.6 Å². The van der Waals surface area contributed by atoms with Crippen molar-refractivity contribution in [3.05, 3.63) is 47.9 Å². The zero-order valence-electron chi connectivity index (χ0n) is 17.8. The van der Waals surface area contributed by atoms with Crippen molar-refractivity contribution in [1.82, 2.24) is 35.8 Å². The van der Waals surface area contributed by atoms with E-state index in [9.17, 15) is 4.79 Å². The van der Waals surface area contributed by atoms with Crippen LogP contribution in [0.15, 0.2) is 46.7 Å². The number of amides is 1. The summed E-state index contributed by atoms with van der Waals surface area (Å²) in [6, 6.07) is 8.56. The fourth-order valence-corrected chi connectivity index (χ4v) is 3.39. The Labute approximate surface area is 187 Å². The standard InChI is InChI=1S/C21H21N7O5/c1-11(9-29)22-20(30)17-8-13(26-33-17)10-31-21-15-6-4-3-5-14(15)18-23-24-19(28(18)25-21)16-7-12(2)32-27-16/h3-8,11,13,26,29H,9-10H2,1-2H3,(H,22,30)/t11-,13?/m1/s1. The van der Waals surface area contributed by atoms with E-state index in [4.69, 9.17) is 19.2 Å². The lowest BCUT2D eigenvalue weighted by molar-refractivity contribution is -0.122. The molecule has 170 valence electrons. The Morgan fingerprint density at radius 2 is 2.15 bits per heavy atom. The van der Waals surface area contributed by atoms with Gasteiger partial charge in [0.15, 0.2) is 11.3 Å². The van der Waals surface area contributed by atoms with Gasteiger partial charge in [-0.3, -0.25) is 4.79 Å². The van der Waals surface area contributed by atoms with Gasteiger partial charge in [0.2, 0.25) is 17.5 Å². The Kier molecular flexibility index (Phi) is 5.36. The van der Waals surface area contributed by atoms with Gasteiger partial charge in [-0.05, 0) is 26.0 Å². The number of aliphatic hydroxyl groups is 1. The highest BCUT2D eigenvalue weighted by molar-refractivity contribution is 5.97. The van der Waals surface area contributed by atoms with Gasteiger partial charge in [0.25, 0.3) is 5.91 Å². The molecule has 3 aromatic heterocycles. The first-order chi connectivity index (χ1) is 16.0. The Bertz CT molecular complexity index is 1360. The number of nitrogens with one attached hydrogen (secondary N) is 2. The number of hydrogen-bond acceptors (Lipinski definition) is 10. The predicted molar refractivity (Wildman–Crippen MR) is 115 cm³/mol. The normalized spacial score (nSPS) is 16.6. The SMILES string of the molecule is Cc1cc(-c2nnc3c4ccccc4c(OCC4C=C(C(=O)N[C@H](C)CO)ON4)nn23)no1. The summed E-state index contributed by atoms with van der Waals surface area (Å²) < 4.78 is 12.8. The molecule has 0 saturated carbocycles. The van der Waals surface area contributed by atoms with Crippen LogP contribution < -0.4 is 15.5 Å². The van der Waals surface area contributed by atoms with Crippen molar-refractivity contribution in [3.63, 3.8) is 0 Å². The Morgan fingerprint density at radius 1 is 1.33 bits per heavy atom. The Balaban J connectivity index is 1.43. The summed E-state index contributed by atoms with van der Waals surface area (Å²) in [6.45, 7) is 3.46. The molecule has 33 heavy (non-hydrogen) atoms. The molecule has 1 aliphatic heterocycles. The number of carbonyl (C=O) groups is 1. The number of carbonyl (C=O) groups excluding carboxylic acids is 1. The molecule has 4 heterocycles. The van der Waals surface area contributed by atoms with Crippen LogP contribution in [0.4, 0.5) is 0 Å². The van der Waals surface area contributed by atoms with Crippen molar-refractivity contribution in [2.24, 2.45) is 0 Å². The molecule has 1 aromatic carbocycles. The summed E-state index contributed by atoms with van der Waals surface area (Å²) in [5.74, 6) is 1.12. The van der Waals surface area contributed by atoms with Crippen molar-refractivity contribution in [2.45, 2.75) is 25.9 Å². The molecule has 1 amide bonds. The Hall–Kier alpha value is -4.03. The second kappa shape index (κ2) is 8.48. The van der Waals surface area contributed by atoms with Crippen molar-refractivity contribution >= 4 is 22.3 Å². The maximum atomic E-state index is 12.2. The van der Waals surface area contributed by atoms with Gasteiger partial charge in [-0.25, -0.2) is 0 Å². The number of aliphatic hydroxyl groups excluding tert-OH is 1. The van der Waals surface area contributed by atoms with Crippen LogP contribution in [0.1, 0.15) is 12.7 Å². The molecule has 0 fully saturated rings. The average Bonchev–Trinajstić information content (AvgIpc) is 3.56. The lowest BCUT2D eigenvalue weighted by atomic mass is 10.2. The maximum Gasteiger partial charge on any atom is 0.289 e. The molecule has 1 aliphatic rings. The first kappa shape index (κ1) is 20.8. The van der Waals surface area contributed by atoms with Gasteiger partial charge >= 0.3 is 0 Å². The average molecular weight is 451 g/mol. The fourth-order valence-electron chi connectivity index (χ4n) is 3.39. The third kappa shape index (κ3) is 3.97. The number of fused-ring (bicyclic) bond motifs is 3. The zero-order chi connectivity index (χ0) is 22.9. The highest BCUT2D eigenvalue weighted by Crippen LogP contribution is 2.29. The van der Waals surface area contributed by atoms with E-state index >= 15 is 0 Å². The minimum atomic E-state index is -0.423. The molecular weight excluding hydrogens is 430 g/mol. The minimum absolute atomic E-state index is 0.111. The molecule has 0 bridgehead atoms. The third-order valence-corrected chi connectivity index (χ3v) is 5.03. The fraction of sp³-hybridized carbons (Fsp3) is 0.286. The van der Waals surface area contributed by atoms with Crippen molar-refractivity contribution in [3.8, 4) is 17.4 Å². The number of nitrogens with zero attached hydrogens (tertiary/aromatic N) is 5. The number of hydroxylamine groups is 1. The number of aryl methyl sites for hydroxylation is 1. The van der Waals surface area contributed by atoms with Gasteiger partial charge in [-0.2, -0.15) is 4.52 Å². The van der Waals surface area contributed by atoms with Crippen LogP contribution in [-0.4, -0.2) is 61.3 Å². The van der Waals surface area contributed by atoms with E-state index in [1.165, 1.54) is 0 Å². The van der Waals surface area contributed by atoms with E-state index < -0.39 is 5.91 Å². The van der Waals surface area contributed by atoms with Crippen LogP contribution in [0, 0.1) is 6.92 Å². The molecule has 12 nitrogen and oxygen atoms in total. The summed E-state index contributed by atoms with van der Waals surface area (Å²) >= 11 is 0. The summed E-state index contributed by atoms with van der Waals surface area (Å²) in [5.41, 5.74) is 3.82. The van der Waals surface area contributed by atoms with Gasteiger partial charge in [0.1, 0.15) is 12.4 Å². The molecule has 4 aromatic rings. The molecule has 1 unspecified atom stereocenters. The number of ether oxygens (including phenoxy) is 1. The quantitative estimate of drug-likeness (QED) is 0.370. The molecule has 0 aliphatic carbocycles. The number of hydrogen-bond donors (Lipinski definition) is 3. The molecule has 2 atom stereocenters. The van der Waals surface area contributed by atoms with E-state index in [2.05, 4.69) is 31.2 Å². The van der Waals surface area contributed by atoms with E-state index in [0.717, 1.165) is 10.8 Å². The van der Waals surface area contributed by atoms with Gasteiger partial charge in [0, 0.05) is 22.9 Å². The van der Waals surface area contributed by atoms with E-state index in [1.807, 2.05) is 24.3 Å². The zero-order valence-corrected chi connectivity index (χ0v) is 17.8. The first-order valence-electron chi connectivity index (χ1n) is 10.3. The molecule has 5 rings (SSSR count). The second-order valence-electron chi connectivity index (χ2n) is 7.66. The third-order valence-electron chi connectivity index (χ3n) is 5.03. The summed E-state index contributed by atoms with van der Waals surface area (Å²) in [7, 11) is 0. The number of benzene rings is 1. The molecule has 3 N–H and O–H groups in total. The van der Waals surface area contributed by atoms with Crippen LogP contribution in [0.5, 0.6) is 5.88 Å². The highest BCUT2D eigenvalue weighted by atomic mass is 16.7. The van der Waals surface area contributed by atoms with Crippen molar-refractivity contribution in [2.75, 3.05) is 13.2 Å². The van der Waals surface area contributed by atoms with Crippen LogP contribution >= 0.6 is 0 Å². The van der Waals surface area contributed by atoms with E-state index in [-0.39, 0.29) is 31.1 Å². The smallest absolute Gasteiger partial charge is 0.289 e. The monoisotopic (exact) mass is 451 g/mol. The van der Waals surface area contributed by atoms with Gasteiger partial charge in [-0.15, -0.1) is 20.8 Å². The number of rotatable bonds is 7. The van der Waals surface area contributed by atoms with Crippen molar-refractivity contribution in [1.29, 1.82) is 0 Å². The number of aromatic nitrogens is 5. The van der Waals surface area contributed by atoms with Crippen LogP contribution in [0.25, 0.3) is 27.9 Å². The van der Waals surface area contributed by atoms with Gasteiger partial charge in [-0.1, -0.05) is 23.4 Å². The summed E-state index contributed by atoms with van der Waals surface area (Å²) in [6.07, 6.45) is 1.61. The molecule has 12 heteroatoms. The van der Waals surface area contributed by atoms with Gasteiger partial charge < -0.3 is 24.5 Å². The topological polar surface area (TPSA) is 149 Å². The largest absolute Gasteiger partial charge is 0.474 e. The predicted octanol–water partition coefficient (Wildman–Crippen LogP) is 0.904. The summed E-state index contributed by atoms with van der Waals surface area (Å²) in [5, 5.41) is 30.4. The van der Waals surface area contributed by atoms with Crippen molar-refractivity contribution < 1.29 is 24.0 Å².